The molecule has 0 bridgehead atoms. The predicted octanol–water partition coefficient (Wildman–Crippen LogP) is 2.55. The quantitative estimate of drug-likeness (QED) is 0.888. The van der Waals surface area contributed by atoms with Gasteiger partial charge in [0, 0.05) is 6.04 Å². The molecule has 0 aliphatic heterocycles. The van der Waals surface area contributed by atoms with Crippen LogP contribution < -0.4 is 4.72 Å². The Bertz CT molecular complexity index is 607. The topological polar surface area (TPSA) is 83.5 Å². The van der Waals surface area contributed by atoms with Crippen molar-refractivity contribution in [1.82, 2.24) is 4.72 Å². The van der Waals surface area contributed by atoms with Crippen molar-refractivity contribution in [3.05, 3.63) is 17.5 Å². The van der Waals surface area contributed by atoms with Gasteiger partial charge in [0.2, 0.25) is 10.0 Å². The molecule has 0 radical (unpaired) electrons. The van der Waals surface area contributed by atoms with Gasteiger partial charge in [-0.2, -0.15) is 0 Å². The lowest BCUT2D eigenvalue weighted by atomic mass is 9.61. The maximum Gasteiger partial charge on any atom is 0.307 e. The molecule has 1 aliphatic rings. The lowest BCUT2D eigenvalue weighted by Gasteiger charge is -2.46. The third-order valence-corrected chi connectivity index (χ3v) is 7.69. The van der Waals surface area contributed by atoms with Gasteiger partial charge in [0.15, 0.2) is 0 Å². The summed E-state index contributed by atoms with van der Waals surface area (Å²) < 4.78 is 27.7. The molecule has 7 heteroatoms. The first-order valence-corrected chi connectivity index (χ1v) is 9.31. The van der Waals surface area contributed by atoms with Gasteiger partial charge in [0.25, 0.3) is 0 Å². The van der Waals surface area contributed by atoms with Crippen LogP contribution in [0.25, 0.3) is 0 Å². The van der Waals surface area contributed by atoms with Crippen LogP contribution in [0.3, 0.4) is 0 Å². The van der Waals surface area contributed by atoms with Crippen molar-refractivity contribution >= 4 is 27.3 Å². The fraction of sp³-hybridized carbons (Fsp3) is 0.643. The van der Waals surface area contributed by atoms with E-state index >= 15 is 0 Å². The molecule has 1 saturated carbocycles. The Hall–Kier alpha value is -0.920. The summed E-state index contributed by atoms with van der Waals surface area (Å²) in [6, 6.07) is 3.04. The summed E-state index contributed by atoms with van der Waals surface area (Å²) in [5.74, 6) is -1.29. The molecule has 0 amide bonds. The van der Waals surface area contributed by atoms with Gasteiger partial charge >= 0.3 is 5.97 Å². The second-order valence-electron chi connectivity index (χ2n) is 6.24. The Kier molecular flexibility index (Phi) is 4.46. The van der Waals surface area contributed by atoms with E-state index < -0.39 is 27.3 Å². The highest BCUT2D eigenvalue weighted by atomic mass is 32.2. The van der Waals surface area contributed by atoms with Crippen LogP contribution in [0.15, 0.2) is 21.7 Å². The van der Waals surface area contributed by atoms with Crippen molar-refractivity contribution in [3.63, 3.8) is 0 Å². The number of rotatable bonds is 4. The van der Waals surface area contributed by atoms with Crippen LogP contribution in [0, 0.1) is 17.3 Å². The van der Waals surface area contributed by atoms with E-state index in [-0.39, 0.29) is 12.0 Å². The lowest BCUT2D eigenvalue weighted by Crippen LogP contribution is -2.52. The van der Waals surface area contributed by atoms with Crippen molar-refractivity contribution in [1.29, 1.82) is 0 Å². The van der Waals surface area contributed by atoms with E-state index in [9.17, 15) is 18.3 Å². The van der Waals surface area contributed by atoms with Crippen LogP contribution in [0.5, 0.6) is 0 Å². The second kappa shape index (κ2) is 5.70. The second-order valence-corrected chi connectivity index (χ2v) is 9.13. The van der Waals surface area contributed by atoms with E-state index in [4.69, 9.17) is 0 Å². The third-order valence-electron chi connectivity index (χ3n) is 4.81. The summed E-state index contributed by atoms with van der Waals surface area (Å²) >= 11 is 1.18. The standard InChI is InChI=1S/C14H21NO4S2/c1-9-11(7-6-10(13(16)17)14(9,2)3)15-21(18,19)12-5-4-8-20-12/h4-5,8-11,15H,6-7H2,1-3H3,(H,16,17). The molecular weight excluding hydrogens is 310 g/mol. The zero-order valence-electron chi connectivity index (χ0n) is 12.4. The van der Waals surface area contributed by atoms with E-state index in [2.05, 4.69) is 4.72 Å². The lowest BCUT2D eigenvalue weighted by molar-refractivity contribution is -0.150. The number of aliphatic carboxylic acids is 1. The number of carbonyl (C=O) groups is 1. The number of nitrogens with one attached hydrogen (secondary N) is 1. The van der Waals surface area contributed by atoms with Crippen LogP contribution >= 0.6 is 11.3 Å². The normalized spacial score (nSPS) is 29.2. The van der Waals surface area contributed by atoms with Gasteiger partial charge in [-0.05, 0) is 35.6 Å². The highest BCUT2D eigenvalue weighted by Gasteiger charge is 2.47. The molecule has 3 atom stereocenters. The van der Waals surface area contributed by atoms with Gasteiger partial charge in [-0.3, -0.25) is 4.79 Å². The summed E-state index contributed by atoms with van der Waals surface area (Å²) in [4.78, 5) is 11.4. The molecule has 0 saturated heterocycles. The van der Waals surface area contributed by atoms with Gasteiger partial charge in [-0.15, -0.1) is 11.3 Å². The first-order chi connectivity index (χ1) is 9.66. The maximum absolute atomic E-state index is 12.3. The maximum atomic E-state index is 12.3. The zero-order chi connectivity index (χ0) is 15.8. The molecule has 2 rings (SSSR count). The van der Waals surface area contributed by atoms with Crippen LogP contribution in [-0.4, -0.2) is 25.5 Å². The predicted molar refractivity (Wildman–Crippen MR) is 81.7 cm³/mol. The van der Waals surface area contributed by atoms with E-state index in [0.29, 0.717) is 17.1 Å². The smallest absolute Gasteiger partial charge is 0.307 e. The van der Waals surface area contributed by atoms with Crippen molar-refractivity contribution in [2.75, 3.05) is 0 Å². The average molecular weight is 331 g/mol. The van der Waals surface area contributed by atoms with Crippen molar-refractivity contribution in [3.8, 4) is 0 Å². The first-order valence-electron chi connectivity index (χ1n) is 6.95. The SMILES string of the molecule is CC1C(NS(=O)(=O)c2cccs2)CCC(C(=O)O)C1(C)C. The van der Waals surface area contributed by atoms with E-state index in [1.165, 1.54) is 11.3 Å². The fourth-order valence-corrected chi connectivity index (χ4v) is 5.44. The first kappa shape index (κ1) is 16.5. The highest BCUT2D eigenvalue weighted by Crippen LogP contribution is 2.45. The number of hydrogen-bond acceptors (Lipinski definition) is 4. The summed E-state index contributed by atoms with van der Waals surface area (Å²) in [6.07, 6.45) is 1.04. The molecule has 21 heavy (non-hydrogen) atoms. The molecule has 118 valence electrons. The van der Waals surface area contributed by atoms with Crippen LogP contribution in [-0.2, 0) is 14.8 Å². The largest absolute Gasteiger partial charge is 0.481 e. The Labute approximate surface area is 129 Å². The minimum absolute atomic E-state index is 0.0536. The number of thiophene rings is 1. The van der Waals surface area contributed by atoms with Crippen molar-refractivity contribution in [2.45, 2.75) is 43.9 Å². The molecular formula is C14H21NO4S2. The third kappa shape index (κ3) is 3.14. The van der Waals surface area contributed by atoms with Gasteiger partial charge in [0.05, 0.1) is 5.92 Å². The Morgan fingerprint density at radius 3 is 2.62 bits per heavy atom. The molecule has 1 fully saturated rings. The van der Waals surface area contributed by atoms with Crippen LogP contribution in [0.4, 0.5) is 0 Å². The molecule has 5 nitrogen and oxygen atoms in total. The van der Waals surface area contributed by atoms with Crippen LogP contribution in [0.1, 0.15) is 33.6 Å². The molecule has 1 aromatic heterocycles. The van der Waals surface area contributed by atoms with E-state index in [1.807, 2.05) is 20.8 Å². The number of carboxylic acid groups (broad SMARTS) is 1. The molecule has 1 aromatic rings. The van der Waals surface area contributed by atoms with Gasteiger partial charge in [-0.1, -0.05) is 26.8 Å². The summed E-state index contributed by atoms with van der Waals surface area (Å²) in [7, 11) is -3.52. The van der Waals surface area contributed by atoms with Crippen molar-refractivity contribution < 1.29 is 18.3 Å². The Morgan fingerprint density at radius 1 is 1.43 bits per heavy atom. The van der Waals surface area contributed by atoms with E-state index in [1.54, 1.807) is 17.5 Å². The van der Waals surface area contributed by atoms with E-state index in [0.717, 1.165) is 0 Å². The van der Waals surface area contributed by atoms with Crippen LogP contribution in [0.2, 0.25) is 0 Å². The average Bonchev–Trinajstić information content (AvgIpc) is 2.89. The summed E-state index contributed by atoms with van der Waals surface area (Å²) in [5.41, 5.74) is -0.452. The molecule has 2 N–H and O–H groups in total. The molecule has 0 aromatic carbocycles. The molecule has 1 aliphatic carbocycles. The van der Waals surface area contributed by atoms with Gasteiger partial charge in [0.1, 0.15) is 4.21 Å². The molecule has 0 spiro atoms. The highest BCUT2D eigenvalue weighted by molar-refractivity contribution is 7.91. The monoisotopic (exact) mass is 331 g/mol. The minimum atomic E-state index is -3.52. The van der Waals surface area contributed by atoms with Crippen molar-refractivity contribution in [2.24, 2.45) is 17.3 Å². The number of sulfonamides is 1. The number of carboxylic acids is 1. The minimum Gasteiger partial charge on any atom is -0.481 e. The fourth-order valence-electron chi connectivity index (χ4n) is 3.08. The summed E-state index contributed by atoms with van der Waals surface area (Å²) in [5, 5.41) is 11.0. The zero-order valence-corrected chi connectivity index (χ0v) is 14.0. The molecule has 1 heterocycles. The Morgan fingerprint density at radius 2 is 2.10 bits per heavy atom. The summed E-state index contributed by atoms with van der Waals surface area (Å²) in [6.45, 7) is 5.74. The van der Waals surface area contributed by atoms with Gasteiger partial charge in [-0.25, -0.2) is 13.1 Å². The number of hydrogen-bond donors (Lipinski definition) is 2. The Balaban J connectivity index is 2.18. The molecule has 3 unspecified atom stereocenters. The van der Waals surface area contributed by atoms with Gasteiger partial charge < -0.3 is 5.11 Å².